The standard InChI is InChI=1S/C11H17N3O3/c1-7-10(8(2)13-12-7)11(16)14-3-4-17-6-9(14)5-15/h9,15H,3-6H2,1-2H3,(H,12,13). The fourth-order valence-corrected chi connectivity index (χ4v) is 2.08. The highest BCUT2D eigenvalue weighted by Crippen LogP contribution is 2.16. The van der Waals surface area contributed by atoms with Crippen molar-refractivity contribution in [2.24, 2.45) is 0 Å². The van der Waals surface area contributed by atoms with Crippen LogP contribution in [0.4, 0.5) is 0 Å². The minimum atomic E-state index is -0.259. The molecule has 0 spiro atoms. The van der Waals surface area contributed by atoms with Crippen LogP contribution in [0.15, 0.2) is 0 Å². The molecule has 17 heavy (non-hydrogen) atoms. The number of aryl methyl sites for hydroxylation is 2. The van der Waals surface area contributed by atoms with Crippen LogP contribution in [0.1, 0.15) is 21.7 Å². The number of aromatic nitrogens is 2. The lowest BCUT2D eigenvalue weighted by atomic mass is 10.1. The molecule has 2 rings (SSSR count). The topological polar surface area (TPSA) is 78.5 Å². The molecule has 2 heterocycles. The highest BCUT2D eigenvalue weighted by atomic mass is 16.5. The van der Waals surface area contributed by atoms with Crippen molar-refractivity contribution in [1.29, 1.82) is 0 Å². The first-order chi connectivity index (χ1) is 8.15. The highest BCUT2D eigenvalue weighted by Gasteiger charge is 2.30. The van der Waals surface area contributed by atoms with Crippen LogP contribution >= 0.6 is 0 Å². The molecular formula is C11H17N3O3. The summed E-state index contributed by atoms with van der Waals surface area (Å²) in [5.74, 6) is -0.0869. The Kier molecular flexibility index (Phi) is 3.44. The van der Waals surface area contributed by atoms with Gasteiger partial charge in [-0.1, -0.05) is 0 Å². The number of nitrogens with zero attached hydrogens (tertiary/aromatic N) is 2. The molecule has 1 atom stereocenters. The molecule has 94 valence electrons. The summed E-state index contributed by atoms with van der Waals surface area (Å²) in [4.78, 5) is 14.0. The van der Waals surface area contributed by atoms with E-state index in [1.54, 1.807) is 11.8 Å². The van der Waals surface area contributed by atoms with Crippen LogP contribution < -0.4 is 0 Å². The quantitative estimate of drug-likeness (QED) is 0.753. The second-order valence-electron chi connectivity index (χ2n) is 4.22. The molecular weight excluding hydrogens is 222 g/mol. The number of H-pyrrole nitrogens is 1. The van der Waals surface area contributed by atoms with Gasteiger partial charge in [-0.05, 0) is 13.8 Å². The number of carbonyl (C=O) groups excluding carboxylic acids is 1. The van der Waals surface area contributed by atoms with E-state index in [9.17, 15) is 9.90 Å². The van der Waals surface area contributed by atoms with E-state index in [0.717, 1.165) is 5.69 Å². The van der Waals surface area contributed by atoms with Crippen molar-refractivity contribution in [3.63, 3.8) is 0 Å². The van der Waals surface area contributed by atoms with Crippen molar-refractivity contribution in [1.82, 2.24) is 15.1 Å². The molecule has 0 saturated carbocycles. The maximum absolute atomic E-state index is 12.4. The Hall–Kier alpha value is -1.40. The lowest BCUT2D eigenvalue weighted by Gasteiger charge is -2.34. The number of hydrogen-bond acceptors (Lipinski definition) is 4. The van der Waals surface area contributed by atoms with E-state index in [1.807, 2.05) is 6.92 Å². The number of rotatable bonds is 2. The summed E-state index contributed by atoms with van der Waals surface area (Å²) in [5, 5.41) is 16.1. The van der Waals surface area contributed by atoms with Gasteiger partial charge in [-0.25, -0.2) is 0 Å². The number of aliphatic hydroxyl groups excluding tert-OH is 1. The van der Waals surface area contributed by atoms with Gasteiger partial charge in [0.1, 0.15) is 0 Å². The number of aliphatic hydroxyl groups is 1. The minimum absolute atomic E-state index is 0.0817. The minimum Gasteiger partial charge on any atom is -0.394 e. The fourth-order valence-electron chi connectivity index (χ4n) is 2.08. The highest BCUT2D eigenvalue weighted by molar-refractivity contribution is 5.96. The van der Waals surface area contributed by atoms with Gasteiger partial charge in [0.25, 0.3) is 5.91 Å². The Bertz CT molecular complexity index is 397. The van der Waals surface area contributed by atoms with Crippen molar-refractivity contribution < 1.29 is 14.6 Å². The average Bonchev–Trinajstić information content (AvgIpc) is 2.68. The SMILES string of the molecule is Cc1n[nH]c(C)c1C(=O)N1CCOCC1CO. The zero-order chi connectivity index (χ0) is 12.4. The molecule has 0 radical (unpaired) electrons. The van der Waals surface area contributed by atoms with E-state index < -0.39 is 0 Å². The molecule has 1 aliphatic rings. The molecule has 1 fully saturated rings. The second-order valence-corrected chi connectivity index (χ2v) is 4.22. The Morgan fingerprint density at radius 1 is 1.65 bits per heavy atom. The van der Waals surface area contributed by atoms with Gasteiger partial charge in [0.15, 0.2) is 0 Å². The number of amides is 1. The van der Waals surface area contributed by atoms with E-state index in [-0.39, 0.29) is 18.6 Å². The number of hydrogen-bond donors (Lipinski definition) is 2. The third kappa shape index (κ3) is 2.18. The fraction of sp³-hybridized carbons (Fsp3) is 0.636. The molecule has 1 aromatic heterocycles. The first-order valence-electron chi connectivity index (χ1n) is 5.66. The lowest BCUT2D eigenvalue weighted by Crippen LogP contribution is -2.50. The maximum atomic E-state index is 12.4. The number of aromatic amines is 1. The molecule has 1 aliphatic heterocycles. The van der Waals surface area contributed by atoms with E-state index in [0.29, 0.717) is 31.0 Å². The maximum Gasteiger partial charge on any atom is 0.258 e. The van der Waals surface area contributed by atoms with Crippen LogP contribution in [0.3, 0.4) is 0 Å². The van der Waals surface area contributed by atoms with Gasteiger partial charge in [0.05, 0.1) is 37.1 Å². The smallest absolute Gasteiger partial charge is 0.258 e. The van der Waals surface area contributed by atoms with Gasteiger partial charge in [-0.15, -0.1) is 0 Å². The monoisotopic (exact) mass is 239 g/mol. The molecule has 0 bridgehead atoms. The Morgan fingerprint density at radius 2 is 2.41 bits per heavy atom. The van der Waals surface area contributed by atoms with E-state index in [2.05, 4.69) is 10.2 Å². The van der Waals surface area contributed by atoms with Gasteiger partial charge in [-0.3, -0.25) is 9.89 Å². The second kappa shape index (κ2) is 4.85. The summed E-state index contributed by atoms with van der Waals surface area (Å²) in [6, 6.07) is -0.259. The zero-order valence-corrected chi connectivity index (χ0v) is 10.1. The summed E-state index contributed by atoms with van der Waals surface area (Å²) >= 11 is 0. The number of ether oxygens (including phenoxy) is 1. The molecule has 6 heteroatoms. The van der Waals surface area contributed by atoms with Gasteiger partial charge < -0.3 is 14.7 Å². The van der Waals surface area contributed by atoms with Gasteiger partial charge >= 0.3 is 0 Å². The normalized spacial score (nSPS) is 20.6. The molecule has 0 aromatic carbocycles. The van der Waals surface area contributed by atoms with Crippen molar-refractivity contribution in [3.05, 3.63) is 17.0 Å². The largest absolute Gasteiger partial charge is 0.394 e. The van der Waals surface area contributed by atoms with Gasteiger partial charge in [-0.2, -0.15) is 5.10 Å². The van der Waals surface area contributed by atoms with Crippen LogP contribution in [0.5, 0.6) is 0 Å². The molecule has 0 aliphatic carbocycles. The van der Waals surface area contributed by atoms with Crippen LogP contribution in [-0.2, 0) is 4.74 Å². The molecule has 2 N–H and O–H groups in total. The summed E-state index contributed by atoms with van der Waals surface area (Å²) in [7, 11) is 0. The average molecular weight is 239 g/mol. The predicted molar refractivity (Wildman–Crippen MR) is 60.8 cm³/mol. The molecule has 1 saturated heterocycles. The number of morpholine rings is 1. The molecule has 6 nitrogen and oxygen atoms in total. The third-order valence-corrected chi connectivity index (χ3v) is 3.04. The predicted octanol–water partition coefficient (Wildman–Crippen LogP) is -0.140. The van der Waals surface area contributed by atoms with Crippen molar-refractivity contribution in [2.45, 2.75) is 19.9 Å². The summed E-state index contributed by atoms with van der Waals surface area (Å²) in [6.45, 7) is 4.94. The van der Waals surface area contributed by atoms with Crippen molar-refractivity contribution in [2.75, 3.05) is 26.4 Å². The van der Waals surface area contributed by atoms with Crippen LogP contribution in [0, 0.1) is 13.8 Å². The Balaban J connectivity index is 2.24. The molecule has 1 amide bonds. The Labute approximate surface area is 99.6 Å². The summed E-state index contributed by atoms with van der Waals surface area (Å²) < 4.78 is 5.25. The van der Waals surface area contributed by atoms with Crippen LogP contribution in [-0.4, -0.2) is 58.5 Å². The first kappa shape index (κ1) is 12.1. The van der Waals surface area contributed by atoms with E-state index in [1.165, 1.54) is 0 Å². The summed E-state index contributed by atoms with van der Waals surface area (Å²) in [5.41, 5.74) is 2.05. The van der Waals surface area contributed by atoms with Crippen LogP contribution in [0.25, 0.3) is 0 Å². The van der Waals surface area contributed by atoms with E-state index >= 15 is 0 Å². The molecule has 1 aromatic rings. The number of carbonyl (C=O) groups is 1. The van der Waals surface area contributed by atoms with Crippen molar-refractivity contribution in [3.8, 4) is 0 Å². The number of nitrogens with one attached hydrogen (secondary N) is 1. The summed E-state index contributed by atoms with van der Waals surface area (Å²) in [6.07, 6.45) is 0. The van der Waals surface area contributed by atoms with Gasteiger partial charge in [0.2, 0.25) is 0 Å². The van der Waals surface area contributed by atoms with Gasteiger partial charge in [0, 0.05) is 12.2 Å². The first-order valence-corrected chi connectivity index (χ1v) is 5.66. The Morgan fingerprint density at radius 3 is 3.00 bits per heavy atom. The van der Waals surface area contributed by atoms with E-state index in [4.69, 9.17) is 4.74 Å². The van der Waals surface area contributed by atoms with Crippen molar-refractivity contribution >= 4 is 5.91 Å². The third-order valence-electron chi connectivity index (χ3n) is 3.04. The van der Waals surface area contributed by atoms with Crippen LogP contribution in [0.2, 0.25) is 0 Å². The lowest BCUT2D eigenvalue weighted by molar-refractivity contribution is -0.0184. The molecule has 1 unspecified atom stereocenters. The zero-order valence-electron chi connectivity index (χ0n) is 10.1.